The molecule has 22 heavy (non-hydrogen) atoms. The largest absolute Gasteiger partial charge is 0.383 e. The number of ether oxygens (including phenoxy) is 1. The lowest BCUT2D eigenvalue weighted by molar-refractivity contribution is 0.121. The zero-order valence-corrected chi connectivity index (χ0v) is 17.1. The summed E-state index contributed by atoms with van der Waals surface area (Å²) >= 11 is 0. The third-order valence-corrected chi connectivity index (χ3v) is 4.11. The number of methoxy groups -OCH3 is 1. The van der Waals surface area contributed by atoms with Crippen LogP contribution >= 0.6 is 24.0 Å². The number of halogens is 1. The van der Waals surface area contributed by atoms with E-state index in [0.717, 1.165) is 44.0 Å². The van der Waals surface area contributed by atoms with Crippen LogP contribution in [0.3, 0.4) is 0 Å². The van der Waals surface area contributed by atoms with Crippen LogP contribution in [0.5, 0.6) is 0 Å². The van der Waals surface area contributed by atoms with Crippen LogP contribution in [0.25, 0.3) is 0 Å². The van der Waals surface area contributed by atoms with Gasteiger partial charge >= 0.3 is 0 Å². The van der Waals surface area contributed by atoms with E-state index in [0.29, 0.717) is 0 Å². The average molecular weight is 426 g/mol. The van der Waals surface area contributed by atoms with Crippen molar-refractivity contribution >= 4 is 29.9 Å². The number of nitrogens with one attached hydrogen (secondary N) is 2. The van der Waals surface area contributed by atoms with Crippen molar-refractivity contribution in [2.24, 2.45) is 16.8 Å². The van der Waals surface area contributed by atoms with E-state index < -0.39 is 0 Å². The standard InChI is InChI=1S/C16H34N4O.HI/c1-14(2)5-8-18-16(17-3)19-13-15-6-9-20(10-7-15)11-12-21-4;/h14-15H,5-13H2,1-4H3,(H2,17,18,19);1H. The van der Waals surface area contributed by atoms with Crippen molar-refractivity contribution in [2.75, 3.05) is 53.5 Å². The summed E-state index contributed by atoms with van der Waals surface area (Å²) in [6.45, 7) is 10.8. The van der Waals surface area contributed by atoms with Crippen LogP contribution in [0.1, 0.15) is 33.1 Å². The highest BCUT2D eigenvalue weighted by Crippen LogP contribution is 2.15. The molecule has 0 saturated carbocycles. The first-order valence-corrected chi connectivity index (χ1v) is 8.31. The average Bonchev–Trinajstić information content (AvgIpc) is 2.49. The summed E-state index contributed by atoms with van der Waals surface area (Å²) in [5.41, 5.74) is 0. The van der Waals surface area contributed by atoms with Gasteiger partial charge < -0.3 is 20.3 Å². The predicted octanol–water partition coefficient (Wildman–Crippen LogP) is 2.17. The maximum Gasteiger partial charge on any atom is 0.190 e. The summed E-state index contributed by atoms with van der Waals surface area (Å²) in [6, 6.07) is 0. The fraction of sp³-hybridized carbons (Fsp3) is 0.938. The fourth-order valence-corrected chi connectivity index (χ4v) is 2.58. The van der Waals surface area contributed by atoms with E-state index in [1.54, 1.807) is 7.11 Å². The minimum absolute atomic E-state index is 0. The van der Waals surface area contributed by atoms with Gasteiger partial charge in [0.1, 0.15) is 0 Å². The summed E-state index contributed by atoms with van der Waals surface area (Å²) in [6.07, 6.45) is 3.71. The molecule has 1 heterocycles. The van der Waals surface area contributed by atoms with E-state index in [1.807, 2.05) is 7.05 Å². The molecule has 1 fully saturated rings. The van der Waals surface area contributed by atoms with Gasteiger partial charge in [-0.15, -0.1) is 24.0 Å². The summed E-state index contributed by atoms with van der Waals surface area (Å²) in [5, 5.41) is 6.86. The zero-order chi connectivity index (χ0) is 15.5. The number of likely N-dealkylation sites (tertiary alicyclic amines) is 1. The number of aliphatic imine (C=N–C) groups is 1. The molecule has 6 heteroatoms. The van der Waals surface area contributed by atoms with Crippen molar-refractivity contribution in [3.8, 4) is 0 Å². The molecule has 1 rings (SSSR count). The van der Waals surface area contributed by atoms with Crippen LogP contribution in [-0.2, 0) is 4.74 Å². The molecule has 0 amide bonds. The van der Waals surface area contributed by atoms with Gasteiger partial charge in [-0.2, -0.15) is 0 Å². The topological polar surface area (TPSA) is 48.9 Å². The van der Waals surface area contributed by atoms with Crippen molar-refractivity contribution in [3.63, 3.8) is 0 Å². The SMILES string of the molecule is CN=C(NCCC(C)C)NCC1CCN(CCOC)CC1.I. The summed E-state index contributed by atoms with van der Waals surface area (Å²) in [4.78, 5) is 6.79. The third-order valence-electron chi connectivity index (χ3n) is 4.11. The first-order chi connectivity index (χ1) is 10.2. The van der Waals surface area contributed by atoms with Gasteiger partial charge in [0.05, 0.1) is 6.61 Å². The molecule has 0 aliphatic carbocycles. The van der Waals surface area contributed by atoms with Crippen LogP contribution in [-0.4, -0.2) is 64.3 Å². The molecule has 0 aromatic carbocycles. The maximum absolute atomic E-state index is 5.14. The molecule has 0 aromatic rings. The molecule has 0 aromatic heterocycles. The van der Waals surface area contributed by atoms with Crippen LogP contribution in [0.4, 0.5) is 0 Å². The minimum atomic E-state index is 0. The van der Waals surface area contributed by atoms with E-state index in [1.165, 1.54) is 32.4 Å². The highest BCUT2D eigenvalue weighted by molar-refractivity contribution is 14.0. The van der Waals surface area contributed by atoms with Crippen molar-refractivity contribution < 1.29 is 4.74 Å². The van der Waals surface area contributed by atoms with E-state index in [2.05, 4.69) is 34.4 Å². The minimum Gasteiger partial charge on any atom is -0.383 e. The Bertz CT molecular complexity index is 292. The second-order valence-electron chi connectivity index (χ2n) is 6.34. The molecule has 2 N–H and O–H groups in total. The molecule has 0 atom stereocenters. The smallest absolute Gasteiger partial charge is 0.190 e. The van der Waals surface area contributed by atoms with Gasteiger partial charge in [0.25, 0.3) is 0 Å². The molecule has 0 spiro atoms. The lowest BCUT2D eigenvalue weighted by Crippen LogP contribution is -2.43. The quantitative estimate of drug-likeness (QED) is 0.355. The Balaban J connectivity index is 0.00000441. The van der Waals surface area contributed by atoms with Crippen LogP contribution in [0.2, 0.25) is 0 Å². The first kappa shape index (κ1) is 21.9. The number of rotatable bonds is 8. The second kappa shape index (κ2) is 13.4. The fourth-order valence-electron chi connectivity index (χ4n) is 2.58. The van der Waals surface area contributed by atoms with Gasteiger partial charge in [-0.25, -0.2) is 0 Å². The molecule has 132 valence electrons. The lowest BCUT2D eigenvalue weighted by atomic mass is 9.97. The number of piperidine rings is 1. The van der Waals surface area contributed by atoms with Gasteiger partial charge in [-0.3, -0.25) is 4.99 Å². The Morgan fingerprint density at radius 1 is 1.27 bits per heavy atom. The predicted molar refractivity (Wildman–Crippen MR) is 105 cm³/mol. The molecule has 1 aliphatic heterocycles. The number of nitrogens with zero attached hydrogens (tertiary/aromatic N) is 2. The molecule has 5 nitrogen and oxygen atoms in total. The van der Waals surface area contributed by atoms with Crippen LogP contribution in [0.15, 0.2) is 4.99 Å². The van der Waals surface area contributed by atoms with Gasteiger partial charge in [-0.05, 0) is 44.2 Å². The monoisotopic (exact) mass is 426 g/mol. The molecule has 1 aliphatic rings. The number of hydrogen-bond acceptors (Lipinski definition) is 3. The van der Waals surface area contributed by atoms with Gasteiger partial charge in [0.2, 0.25) is 0 Å². The Morgan fingerprint density at radius 2 is 1.95 bits per heavy atom. The summed E-state index contributed by atoms with van der Waals surface area (Å²) in [5.74, 6) is 2.43. The van der Waals surface area contributed by atoms with Crippen molar-refractivity contribution in [1.29, 1.82) is 0 Å². The van der Waals surface area contributed by atoms with Crippen molar-refractivity contribution in [3.05, 3.63) is 0 Å². The molecular weight excluding hydrogens is 391 g/mol. The molecule has 0 unspecified atom stereocenters. The summed E-state index contributed by atoms with van der Waals surface area (Å²) in [7, 11) is 3.62. The van der Waals surface area contributed by atoms with Crippen LogP contribution < -0.4 is 10.6 Å². The summed E-state index contributed by atoms with van der Waals surface area (Å²) < 4.78 is 5.14. The molecule has 1 saturated heterocycles. The highest BCUT2D eigenvalue weighted by Gasteiger charge is 2.18. The molecule has 0 bridgehead atoms. The van der Waals surface area contributed by atoms with E-state index in [4.69, 9.17) is 4.74 Å². The van der Waals surface area contributed by atoms with Crippen molar-refractivity contribution in [2.45, 2.75) is 33.1 Å². The Kier molecular flexibility index (Phi) is 13.3. The Labute approximate surface area is 153 Å². The van der Waals surface area contributed by atoms with Crippen molar-refractivity contribution in [1.82, 2.24) is 15.5 Å². The molecular formula is C16H35IN4O. The molecule has 0 radical (unpaired) electrons. The van der Waals surface area contributed by atoms with Gasteiger partial charge in [0, 0.05) is 33.8 Å². The highest BCUT2D eigenvalue weighted by atomic mass is 127. The van der Waals surface area contributed by atoms with Gasteiger partial charge in [0.15, 0.2) is 5.96 Å². The van der Waals surface area contributed by atoms with Gasteiger partial charge in [-0.1, -0.05) is 13.8 Å². The number of guanidine groups is 1. The lowest BCUT2D eigenvalue weighted by Gasteiger charge is -2.32. The van der Waals surface area contributed by atoms with E-state index >= 15 is 0 Å². The third kappa shape index (κ3) is 9.84. The first-order valence-electron chi connectivity index (χ1n) is 8.31. The Morgan fingerprint density at radius 3 is 2.50 bits per heavy atom. The number of hydrogen-bond donors (Lipinski definition) is 2. The van der Waals surface area contributed by atoms with Crippen LogP contribution in [0, 0.1) is 11.8 Å². The van der Waals surface area contributed by atoms with E-state index in [9.17, 15) is 0 Å². The zero-order valence-electron chi connectivity index (χ0n) is 14.7. The van der Waals surface area contributed by atoms with E-state index in [-0.39, 0.29) is 24.0 Å². The second-order valence-corrected chi connectivity index (χ2v) is 6.34. The Hall–Kier alpha value is -0.0800. The normalized spacial score (nSPS) is 17.4. The maximum atomic E-state index is 5.14.